The molecule has 0 aromatic heterocycles. The van der Waals surface area contributed by atoms with E-state index >= 15 is 0 Å². The summed E-state index contributed by atoms with van der Waals surface area (Å²) in [4.78, 5) is 0. The number of fused-ring (bicyclic) bond motifs is 1. The average molecular weight is 524 g/mol. The largest absolute Gasteiger partial charge is 0.489 e. The van der Waals surface area contributed by atoms with Crippen molar-refractivity contribution >= 4 is 10.8 Å². The summed E-state index contributed by atoms with van der Waals surface area (Å²) < 4.78 is 104. The number of allylic oxidation sites excluding steroid dienone is 1. The van der Waals surface area contributed by atoms with Gasteiger partial charge in [-0.3, -0.25) is 0 Å². The van der Waals surface area contributed by atoms with Crippen LogP contribution in [0.25, 0.3) is 10.8 Å². The molecule has 190 valence electrons. The predicted octanol–water partition coefficient (Wildman–Crippen LogP) is 7.57. The van der Waals surface area contributed by atoms with Crippen molar-refractivity contribution in [2.75, 3.05) is 6.61 Å². The van der Waals surface area contributed by atoms with Gasteiger partial charge < -0.3 is 4.74 Å². The molecule has 0 heterocycles. The van der Waals surface area contributed by atoms with Crippen molar-refractivity contribution in [1.82, 2.24) is 0 Å². The van der Waals surface area contributed by atoms with Crippen molar-refractivity contribution in [3.63, 3.8) is 0 Å². The number of rotatable bonds is 3. The third-order valence-corrected chi connectivity index (χ3v) is 5.31. The summed E-state index contributed by atoms with van der Waals surface area (Å²) in [6.45, 7) is 1.87. The first-order valence-corrected chi connectivity index (χ1v) is 11.0. The number of hydrogen-bond donors (Lipinski definition) is 0. The quantitative estimate of drug-likeness (QED) is 0.116. The molecule has 4 aromatic carbocycles. The highest BCUT2D eigenvalue weighted by Gasteiger charge is 2.15. The van der Waals surface area contributed by atoms with E-state index in [1.807, 2.05) is 0 Å². The van der Waals surface area contributed by atoms with E-state index in [9.17, 15) is 30.7 Å². The molecule has 0 N–H and O–H groups in total. The van der Waals surface area contributed by atoms with Crippen LogP contribution in [0, 0.1) is 64.4 Å². The molecule has 4 rings (SSSR count). The van der Waals surface area contributed by atoms with E-state index in [-0.39, 0.29) is 34.3 Å². The van der Waals surface area contributed by atoms with Crippen molar-refractivity contribution in [2.24, 2.45) is 0 Å². The van der Waals surface area contributed by atoms with E-state index in [0.29, 0.717) is 0 Å². The molecule has 0 unspecified atom stereocenters. The van der Waals surface area contributed by atoms with Gasteiger partial charge >= 0.3 is 0 Å². The Kier molecular flexibility index (Phi) is 7.74. The van der Waals surface area contributed by atoms with E-state index in [1.54, 1.807) is 19.1 Å². The fourth-order valence-corrected chi connectivity index (χ4v) is 3.46. The van der Waals surface area contributed by atoms with Crippen LogP contribution in [0.3, 0.4) is 0 Å². The fraction of sp³-hybridized carbons (Fsp3) is 0.0667. The molecule has 0 bridgehead atoms. The lowest BCUT2D eigenvalue weighted by atomic mass is 10.0. The van der Waals surface area contributed by atoms with Gasteiger partial charge in [0.05, 0.1) is 11.1 Å². The Hall–Kier alpha value is -4.69. The summed E-state index contributed by atoms with van der Waals surface area (Å²) in [5.41, 5.74) is -1.50. The van der Waals surface area contributed by atoms with Crippen molar-refractivity contribution < 1.29 is 35.5 Å². The Morgan fingerprint density at radius 2 is 1.26 bits per heavy atom. The van der Waals surface area contributed by atoms with Crippen molar-refractivity contribution in [3.8, 4) is 29.4 Å². The van der Waals surface area contributed by atoms with Crippen LogP contribution in [0.15, 0.2) is 60.7 Å². The Labute approximate surface area is 213 Å². The van der Waals surface area contributed by atoms with E-state index in [0.717, 1.165) is 30.3 Å². The molecule has 0 aliphatic carbocycles. The minimum atomic E-state index is -1.65. The van der Waals surface area contributed by atoms with Crippen LogP contribution in [0.5, 0.6) is 5.75 Å². The van der Waals surface area contributed by atoms with E-state index in [2.05, 4.69) is 23.7 Å². The van der Waals surface area contributed by atoms with Gasteiger partial charge in [-0.15, -0.1) is 0 Å². The van der Waals surface area contributed by atoms with Crippen molar-refractivity contribution in [2.45, 2.75) is 6.92 Å². The molecule has 0 atom stereocenters. The van der Waals surface area contributed by atoms with Crippen LogP contribution in [-0.2, 0) is 0 Å². The molecule has 0 aliphatic heterocycles. The second-order valence-electron chi connectivity index (χ2n) is 7.84. The molecular weight excluding hydrogens is 509 g/mol. The SMILES string of the molecule is C/C=C/COc1cc(F)c(C#Cc2cc(F)c(C#Cc3cccc4c(F)c(F)c(F)cc34)c(F)c2)c(F)c1. The zero-order chi connectivity index (χ0) is 27.4. The standard InChI is InChI=1S/C30H15F7O/c1-2-3-11-38-19-14-26(33)21(27(34)15-19)9-7-17-12-24(31)22(25(32)13-17)10-8-18-5-4-6-20-23(18)16-28(35)30(37)29(20)36/h2-6,12-16H,11H2,1H3/b3-2+. The molecule has 0 saturated heterocycles. The van der Waals surface area contributed by atoms with Gasteiger partial charge in [0.15, 0.2) is 17.5 Å². The minimum absolute atomic E-state index is 0.00654. The average Bonchev–Trinajstić information content (AvgIpc) is 2.87. The van der Waals surface area contributed by atoms with Crippen molar-refractivity contribution in [3.05, 3.63) is 124 Å². The first-order valence-electron chi connectivity index (χ1n) is 11.0. The lowest BCUT2D eigenvalue weighted by molar-refractivity contribution is 0.357. The zero-order valence-electron chi connectivity index (χ0n) is 19.5. The van der Waals surface area contributed by atoms with Gasteiger partial charge in [-0.1, -0.05) is 48.0 Å². The van der Waals surface area contributed by atoms with Gasteiger partial charge in [-0.25, -0.2) is 30.7 Å². The van der Waals surface area contributed by atoms with E-state index < -0.39 is 51.8 Å². The first kappa shape index (κ1) is 26.4. The van der Waals surface area contributed by atoms with E-state index in [4.69, 9.17) is 4.74 Å². The molecular formula is C30H15F7O. The fourth-order valence-electron chi connectivity index (χ4n) is 3.46. The van der Waals surface area contributed by atoms with Crippen LogP contribution < -0.4 is 4.74 Å². The highest BCUT2D eigenvalue weighted by atomic mass is 19.2. The summed E-state index contributed by atoms with van der Waals surface area (Å²) >= 11 is 0. The monoisotopic (exact) mass is 524 g/mol. The number of ether oxygens (including phenoxy) is 1. The molecule has 0 saturated carbocycles. The molecule has 0 fully saturated rings. The highest BCUT2D eigenvalue weighted by molar-refractivity contribution is 5.89. The van der Waals surface area contributed by atoms with Crippen molar-refractivity contribution in [1.29, 1.82) is 0 Å². The minimum Gasteiger partial charge on any atom is -0.489 e. The second kappa shape index (κ2) is 11.1. The summed E-state index contributed by atoms with van der Waals surface area (Å²) in [5.74, 6) is 0.405. The normalized spacial score (nSPS) is 10.7. The molecule has 0 spiro atoms. The van der Waals surface area contributed by atoms with E-state index in [1.165, 1.54) is 18.2 Å². The second-order valence-corrected chi connectivity index (χ2v) is 7.84. The van der Waals surface area contributed by atoms with Gasteiger partial charge in [0, 0.05) is 34.0 Å². The first-order chi connectivity index (χ1) is 18.2. The van der Waals surface area contributed by atoms with Crippen LogP contribution in [0.1, 0.15) is 29.2 Å². The molecule has 0 radical (unpaired) electrons. The summed E-state index contributed by atoms with van der Waals surface area (Å²) in [5, 5.41) is -0.332. The molecule has 1 nitrogen and oxygen atoms in total. The number of benzene rings is 4. The van der Waals surface area contributed by atoms with Crippen LogP contribution >= 0.6 is 0 Å². The van der Waals surface area contributed by atoms with Crippen LogP contribution in [0.2, 0.25) is 0 Å². The molecule has 38 heavy (non-hydrogen) atoms. The maximum Gasteiger partial charge on any atom is 0.195 e. The lowest BCUT2D eigenvalue weighted by Gasteiger charge is -2.05. The number of halogens is 7. The third kappa shape index (κ3) is 5.50. The Morgan fingerprint density at radius 3 is 1.89 bits per heavy atom. The maximum atomic E-state index is 14.6. The Bertz CT molecular complexity index is 1670. The molecule has 8 heteroatoms. The van der Waals surface area contributed by atoms with Gasteiger partial charge in [-0.05, 0) is 31.2 Å². The summed E-state index contributed by atoms with van der Waals surface area (Å²) in [6.07, 6.45) is 3.35. The highest BCUT2D eigenvalue weighted by Crippen LogP contribution is 2.26. The van der Waals surface area contributed by atoms with Gasteiger partial charge in [0.1, 0.15) is 35.6 Å². The molecule has 4 aromatic rings. The predicted molar refractivity (Wildman–Crippen MR) is 129 cm³/mol. The van der Waals surface area contributed by atoms with Crippen LogP contribution in [0.4, 0.5) is 30.7 Å². The summed E-state index contributed by atoms with van der Waals surface area (Å²) in [7, 11) is 0. The van der Waals surface area contributed by atoms with Crippen LogP contribution in [-0.4, -0.2) is 6.61 Å². The van der Waals surface area contributed by atoms with Gasteiger partial charge in [-0.2, -0.15) is 0 Å². The zero-order valence-corrected chi connectivity index (χ0v) is 19.5. The Morgan fingerprint density at radius 1 is 0.658 bits per heavy atom. The number of hydrogen-bond acceptors (Lipinski definition) is 1. The topological polar surface area (TPSA) is 9.23 Å². The Balaban J connectivity index is 1.65. The molecule has 0 amide bonds. The van der Waals surface area contributed by atoms with Gasteiger partial charge in [0.25, 0.3) is 0 Å². The smallest absolute Gasteiger partial charge is 0.195 e. The third-order valence-electron chi connectivity index (χ3n) is 5.31. The maximum absolute atomic E-state index is 14.6. The summed E-state index contributed by atoms with van der Waals surface area (Å²) in [6, 6.07) is 8.15. The van der Waals surface area contributed by atoms with Gasteiger partial charge in [0.2, 0.25) is 0 Å². The molecule has 0 aliphatic rings. The lowest BCUT2D eigenvalue weighted by Crippen LogP contribution is -1.98.